The molecule has 0 saturated heterocycles. The van der Waals surface area contributed by atoms with Crippen LogP contribution in [0.15, 0.2) is 33.8 Å². The van der Waals surface area contributed by atoms with Gasteiger partial charge in [-0.2, -0.15) is 0 Å². The van der Waals surface area contributed by atoms with Crippen LogP contribution in [0, 0.1) is 5.92 Å². The predicted molar refractivity (Wildman–Crippen MR) is 92.7 cm³/mol. The Morgan fingerprint density at radius 2 is 2.08 bits per heavy atom. The number of hydrogen-bond donors (Lipinski definition) is 2. The van der Waals surface area contributed by atoms with E-state index in [1.807, 2.05) is 0 Å². The molecule has 2 rings (SSSR count). The fraction of sp³-hybridized carbons (Fsp3) is 0.375. The molecule has 0 aliphatic rings. The highest BCUT2D eigenvalue weighted by Gasteiger charge is 2.23. The molecule has 7 nitrogen and oxygen atoms in total. The minimum Gasteiger partial charge on any atom is -0.480 e. The molecular weight excluding hydrogens is 378 g/mol. The summed E-state index contributed by atoms with van der Waals surface area (Å²) in [6.07, 6.45) is 1.39. The number of aromatic nitrogens is 2. The van der Waals surface area contributed by atoms with Crippen LogP contribution in [0.2, 0.25) is 0 Å². The van der Waals surface area contributed by atoms with E-state index in [4.69, 9.17) is 5.11 Å². The van der Waals surface area contributed by atoms with E-state index in [9.17, 15) is 14.4 Å². The highest BCUT2D eigenvalue weighted by molar-refractivity contribution is 9.10. The number of carbonyl (C=O) groups excluding carboxylic acids is 1. The number of benzene rings is 1. The topological polar surface area (TPSA) is 101 Å². The summed E-state index contributed by atoms with van der Waals surface area (Å²) in [6, 6.07) is 4.27. The Hall–Kier alpha value is -2.22. The van der Waals surface area contributed by atoms with Crippen molar-refractivity contribution in [3.05, 3.63) is 39.4 Å². The molecule has 0 fully saturated rings. The molecule has 1 aromatic heterocycles. The van der Waals surface area contributed by atoms with Gasteiger partial charge in [-0.3, -0.25) is 14.2 Å². The Labute approximate surface area is 146 Å². The third-order valence-corrected chi connectivity index (χ3v) is 4.11. The second-order valence-corrected chi connectivity index (χ2v) is 6.70. The molecule has 1 aromatic carbocycles. The number of amides is 1. The van der Waals surface area contributed by atoms with Crippen LogP contribution in [0.5, 0.6) is 0 Å². The van der Waals surface area contributed by atoms with Crippen molar-refractivity contribution >= 4 is 38.7 Å². The third kappa shape index (κ3) is 4.19. The van der Waals surface area contributed by atoms with Crippen molar-refractivity contribution in [2.75, 3.05) is 0 Å². The van der Waals surface area contributed by atoms with Crippen molar-refractivity contribution in [1.29, 1.82) is 0 Å². The molecule has 8 heteroatoms. The van der Waals surface area contributed by atoms with Crippen LogP contribution in [0.1, 0.15) is 20.3 Å². The molecule has 0 spiro atoms. The minimum absolute atomic E-state index is 0.00238. The van der Waals surface area contributed by atoms with E-state index >= 15 is 0 Å². The second kappa shape index (κ2) is 7.57. The maximum Gasteiger partial charge on any atom is 0.326 e. The van der Waals surface area contributed by atoms with E-state index in [-0.39, 0.29) is 24.4 Å². The summed E-state index contributed by atoms with van der Waals surface area (Å²) in [5.41, 5.74) is 0.336. The highest BCUT2D eigenvalue weighted by atomic mass is 79.9. The molecule has 2 aromatic rings. The fourth-order valence-corrected chi connectivity index (χ4v) is 2.63. The van der Waals surface area contributed by atoms with Gasteiger partial charge in [-0.1, -0.05) is 29.8 Å². The van der Waals surface area contributed by atoms with E-state index < -0.39 is 17.9 Å². The molecule has 0 radical (unpaired) electrons. The van der Waals surface area contributed by atoms with Crippen molar-refractivity contribution < 1.29 is 14.7 Å². The lowest BCUT2D eigenvalue weighted by Gasteiger charge is -2.18. The summed E-state index contributed by atoms with van der Waals surface area (Å²) >= 11 is 3.31. The van der Waals surface area contributed by atoms with Gasteiger partial charge in [-0.15, -0.1) is 0 Å². The molecule has 0 bridgehead atoms. The van der Waals surface area contributed by atoms with Crippen molar-refractivity contribution in [3.63, 3.8) is 0 Å². The van der Waals surface area contributed by atoms with Crippen LogP contribution < -0.4 is 10.9 Å². The summed E-state index contributed by atoms with van der Waals surface area (Å²) in [4.78, 5) is 39.6. The lowest BCUT2D eigenvalue weighted by atomic mass is 10.0. The van der Waals surface area contributed by atoms with Gasteiger partial charge in [0.1, 0.15) is 6.04 Å². The number of carboxylic acid groups (broad SMARTS) is 1. The summed E-state index contributed by atoms with van der Waals surface area (Å²) < 4.78 is 2.12. The minimum atomic E-state index is -1.08. The van der Waals surface area contributed by atoms with Gasteiger partial charge in [-0.25, -0.2) is 9.78 Å². The van der Waals surface area contributed by atoms with Gasteiger partial charge in [0, 0.05) is 17.4 Å². The number of rotatable bonds is 6. The van der Waals surface area contributed by atoms with E-state index in [0.717, 1.165) is 4.47 Å². The molecular formula is C16H18BrN3O4. The van der Waals surface area contributed by atoms with Gasteiger partial charge in [0.05, 0.1) is 17.2 Å². The zero-order valence-electron chi connectivity index (χ0n) is 13.3. The number of carboxylic acids is 1. The second-order valence-electron chi connectivity index (χ2n) is 5.78. The first-order valence-electron chi connectivity index (χ1n) is 7.46. The van der Waals surface area contributed by atoms with E-state index in [0.29, 0.717) is 10.9 Å². The Balaban J connectivity index is 2.10. The summed E-state index contributed by atoms with van der Waals surface area (Å²) in [6.45, 7) is 3.56. The van der Waals surface area contributed by atoms with Crippen LogP contribution in [0.25, 0.3) is 10.9 Å². The maximum absolute atomic E-state index is 12.4. The van der Waals surface area contributed by atoms with E-state index in [2.05, 4.69) is 26.2 Å². The molecule has 0 unspecified atom stereocenters. The molecule has 1 atom stereocenters. The third-order valence-electron chi connectivity index (χ3n) is 3.62. The number of fused-ring (bicyclic) bond motifs is 1. The summed E-state index contributed by atoms with van der Waals surface area (Å²) in [5.74, 6) is -1.72. The number of hydrogen-bond acceptors (Lipinski definition) is 4. The maximum atomic E-state index is 12.4. The first-order chi connectivity index (χ1) is 11.3. The van der Waals surface area contributed by atoms with Gasteiger partial charge in [0.15, 0.2) is 0 Å². The number of aliphatic carboxylic acids is 1. The van der Waals surface area contributed by atoms with Gasteiger partial charge < -0.3 is 10.4 Å². The number of aryl methyl sites for hydroxylation is 1. The molecule has 0 saturated carbocycles. The fourth-order valence-electron chi connectivity index (χ4n) is 2.27. The SMILES string of the molecule is CC(C)[C@H](NC(=O)CCn1cnc2ccc(Br)cc2c1=O)C(=O)O. The summed E-state index contributed by atoms with van der Waals surface area (Å²) in [5, 5.41) is 12.0. The van der Waals surface area contributed by atoms with Crippen LogP contribution in [-0.4, -0.2) is 32.6 Å². The number of nitrogens with one attached hydrogen (secondary N) is 1. The number of nitrogens with zero attached hydrogens (tertiary/aromatic N) is 2. The normalized spacial score (nSPS) is 12.3. The Bertz CT molecular complexity index is 832. The average Bonchev–Trinajstić information content (AvgIpc) is 2.52. The van der Waals surface area contributed by atoms with Crippen molar-refractivity contribution in [2.24, 2.45) is 5.92 Å². The lowest BCUT2D eigenvalue weighted by molar-refractivity contribution is -0.143. The Morgan fingerprint density at radius 3 is 2.71 bits per heavy atom. The van der Waals surface area contributed by atoms with Gasteiger partial charge in [-0.05, 0) is 24.1 Å². The van der Waals surface area contributed by atoms with Crippen molar-refractivity contribution in [2.45, 2.75) is 32.9 Å². The van der Waals surface area contributed by atoms with E-state index in [1.54, 1.807) is 32.0 Å². The molecule has 128 valence electrons. The van der Waals surface area contributed by atoms with Crippen LogP contribution in [0.4, 0.5) is 0 Å². The van der Waals surface area contributed by atoms with Crippen LogP contribution in [-0.2, 0) is 16.1 Å². The largest absolute Gasteiger partial charge is 0.480 e. The van der Waals surface area contributed by atoms with Gasteiger partial charge >= 0.3 is 5.97 Å². The highest BCUT2D eigenvalue weighted by Crippen LogP contribution is 2.14. The Morgan fingerprint density at radius 1 is 1.38 bits per heavy atom. The quantitative estimate of drug-likeness (QED) is 0.775. The van der Waals surface area contributed by atoms with Gasteiger partial charge in [0.2, 0.25) is 5.91 Å². The smallest absolute Gasteiger partial charge is 0.326 e. The first-order valence-corrected chi connectivity index (χ1v) is 8.25. The first kappa shape index (κ1) is 18.1. The average molecular weight is 396 g/mol. The molecule has 2 N–H and O–H groups in total. The van der Waals surface area contributed by atoms with Crippen LogP contribution >= 0.6 is 15.9 Å². The zero-order chi connectivity index (χ0) is 17.9. The predicted octanol–water partition coefficient (Wildman–Crippen LogP) is 1.77. The molecule has 0 aliphatic carbocycles. The van der Waals surface area contributed by atoms with Crippen LogP contribution in [0.3, 0.4) is 0 Å². The Kier molecular flexibility index (Phi) is 5.71. The molecule has 24 heavy (non-hydrogen) atoms. The lowest BCUT2D eigenvalue weighted by Crippen LogP contribution is -2.44. The number of carbonyl (C=O) groups is 2. The van der Waals surface area contributed by atoms with Crippen molar-refractivity contribution in [3.8, 4) is 0 Å². The standard InChI is InChI=1S/C16H18BrN3O4/c1-9(2)14(16(23)24)19-13(21)5-6-20-8-18-12-4-3-10(17)7-11(12)15(20)22/h3-4,7-9,14H,5-6H2,1-2H3,(H,19,21)(H,23,24)/t14-/m0/s1. The van der Waals surface area contributed by atoms with Crippen molar-refractivity contribution in [1.82, 2.24) is 14.9 Å². The van der Waals surface area contributed by atoms with E-state index in [1.165, 1.54) is 10.9 Å². The molecule has 0 aliphatic heterocycles. The number of halogens is 1. The molecule has 1 heterocycles. The zero-order valence-corrected chi connectivity index (χ0v) is 14.9. The monoisotopic (exact) mass is 395 g/mol. The van der Waals surface area contributed by atoms with Gasteiger partial charge in [0.25, 0.3) is 5.56 Å². The molecule has 1 amide bonds. The summed E-state index contributed by atoms with van der Waals surface area (Å²) in [7, 11) is 0.